The van der Waals surface area contributed by atoms with Crippen LogP contribution in [-0.4, -0.2) is 38.7 Å². The molecule has 0 saturated heterocycles. The monoisotopic (exact) mass is 675 g/mol. The quantitative estimate of drug-likeness (QED) is 0.149. The van der Waals surface area contributed by atoms with Gasteiger partial charge in [-0.3, -0.25) is 0 Å². The summed E-state index contributed by atoms with van der Waals surface area (Å²) in [7, 11) is -6.31. The fourth-order valence-corrected chi connectivity index (χ4v) is 12.1. The molecule has 0 unspecified atom stereocenters. The molecule has 0 aromatic heterocycles. The Labute approximate surface area is 247 Å². The van der Waals surface area contributed by atoms with Crippen molar-refractivity contribution in [1.82, 2.24) is 5.32 Å². The molecule has 1 amide bonds. The topological polar surface area (TPSA) is 72.5 Å². The maximum atomic E-state index is 13.8. The fourth-order valence-electron chi connectivity index (χ4n) is 4.65. The average Bonchev–Trinajstić information content (AvgIpc) is 2.91. The number of benzene rings is 3. The standard InChI is InChI=1S/C28H27F9NO4PS/c1-18(2)24(38-25(39)19-14-20(26(29,30)31)16-21(15-19)27(32,33)34)17-43(3,22-10-6-4-7-11-22,23-12-8-5-9-13-23)42-44(40,41)28(35,36)37/h4-16,18,24H,17H2,1-3H3,(H,38,39)/t24-/m1/s1. The van der Waals surface area contributed by atoms with Crippen LogP contribution < -0.4 is 15.9 Å². The molecule has 0 bridgehead atoms. The first-order valence-corrected chi connectivity index (χ1v) is 16.9. The molecule has 0 fully saturated rings. The van der Waals surface area contributed by atoms with E-state index in [-0.39, 0.29) is 28.8 Å². The summed E-state index contributed by atoms with van der Waals surface area (Å²) >= 11 is 0. The van der Waals surface area contributed by atoms with Crippen LogP contribution in [0.25, 0.3) is 0 Å². The Kier molecular flexibility index (Phi) is 9.61. The number of hydrogen-bond acceptors (Lipinski definition) is 4. The van der Waals surface area contributed by atoms with E-state index < -0.39 is 75.5 Å². The number of alkyl halides is 9. The van der Waals surface area contributed by atoms with Crippen LogP contribution in [0.4, 0.5) is 39.5 Å². The molecule has 1 N–H and O–H groups in total. The third kappa shape index (κ3) is 7.37. The third-order valence-corrected chi connectivity index (χ3v) is 14.6. The molecule has 0 radical (unpaired) electrons. The minimum absolute atomic E-state index is 0.0239. The zero-order valence-corrected chi connectivity index (χ0v) is 25.0. The maximum absolute atomic E-state index is 13.8. The Morgan fingerprint density at radius 3 is 1.52 bits per heavy atom. The summed E-state index contributed by atoms with van der Waals surface area (Å²) in [5, 5.41) is 2.39. The van der Waals surface area contributed by atoms with E-state index in [1.807, 2.05) is 0 Å². The van der Waals surface area contributed by atoms with E-state index in [9.17, 15) is 52.7 Å². The van der Waals surface area contributed by atoms with E-state index in [0.717, 1.165) is 0 Å². The molecule has 0 heterocycles. The van der Waals surface area contributed by atoms with Crippen molar-refractivity contribution in [3.05, 3.63) is 95.6 Å². The Hall–Kier alpha value is -3.16. The van der Waals surface area contributed by atoms with E-state index in [1.54, 1.807) is 0 Å². The van der Waals surface area contributed by atoms with Gasteiger partial charge in [0.1, 0.15) is 0 Å². The van der Waals surface area contributed by atoms with Crippen molar-refractivity contribution in [3.63, 3.8) is 0 Å². The van der Waals surface area contributed by atoms with Gasteiger partial charge < -0.3 is 0 Å². The van der Waals surface area contributed by atoms with Gasteiger partial charge in [0.15, 0.2) is 0 Å². The summed E-state index contributed by atoms with van der Waals surface area (Å²) in [4.78, 5) is 13.3. The van der Waals surface area contributed by atoms with Gasteiger partial charge >= 0.3 is 248 Å². The van der Waals surface area contributed by atoms with Crippen molar-refractivity contribution in [3.8, 4) is 0 Å². The molecule has 242 valence electrons. The van der Waals surface area contributed by atoms with Crippen molar-refractivity contribution in [2.75, 3.05) is 12.8 Å². The fraction of sp³-hybridized carbons (Fsp3) is 0.321. The van der Waals surface area contributed by atoms with Gasteiger partial charge in [-0.2, -0.15) is 0 Å². The van der Waals surface area contributed by atoms with Crippen molar-refractivity contribution in [1.29, 1.82) is 0 Å². The summed E-state index contributed by atoms with van der Waals surface area (Å²) in [5.41, 5.74) is -10.4. The third-order valence-electron chi connectivity index (χ3n) is 7.05. The molecule has 44 heavy (non-hydrogen) atoms. The van der Waals surface area contributed by atoms with E-state index in [4.69, 9.17) is 3.97 Å². The van der Waals surface area contributed by atoms with Gasteiger partial charge in [0.2, 0.25) is 0 Å². The molecule has 0 aliphatic rings. The summed E-state index contributed by atoms with van der Waals surface area (Å²) in [6, 6.07) is 13.1. The number of carbonyl (C=O) groups is 1. The van der Waals surface area contributed by atoms with E-state index in [0.29, 0.717) is 0 Å². The Morgan fingerprint density at radius 2 is 1.18 bits per heavy atom. The van der Waals surface area contributed by atoms with Gasteiger partial charge in [0.25, 0.3) is 0 Å². The van der Waals surface area contributed by atoms with Crippen LogP contribution in [-0.2, 0) is 26.4 Å². The van der Waals surface area contributed by atoms with Gasteiger partial charge in [0, 0.05) is 0 Å². The van der Waals surface area contributed by atoms with Crippen LogP contribution >= 0.6 is 6.83 Å². The molecular weight excluding hydrogens is 648 g/mol. The second-order valence-corrected chi connectivity index (χ2v) is 17.4. The molecule has 3 aromatic rings. The number of amides is 1. The van der Waals surface area contributed by atoms with Crippen LogP contribution in [0, 0.1) is 5.92 Å². The van der Waals surface area contributed by atoms with Crippen molar-refractivity contribution in [2.24, 2.45) is 5.92 Å². The second kappa shape index (κ2) is 12.0. The zero-order chi connectivity index (χ0) is 33.4. The van der Waals surface area contributed by atoms with Crippen molar-refractivity contribution >= 4 is 33.5 Å². The van der Waals surface area contributed by atoms with Gasteiger partial charge in [-0.15, -0.1) is 0 Å². The zero-order valence-electron chi connectivity index (χ0n) is 23.3. The summed E-state index contributed by atoms with van der Waals surface area (Å²) in [6.45, 7) is -0.931. The average molecular weight is 676 g/mol. The number of carbonyl (C=O) groups excluding carboxylic acids is 1. The molecule has 0 aliphatic heterocycles. The molecule has 16 heteroatoms. The van der Waals surface area contributed by atoms with E-state index in [1.165, 1.54) is 81.2 Å². The Morgan fingerprint density at radius 1 is 0.773 bits per heavy atom. The molecule has 3 rings (SSSR count). The van der Waals surface area contributed by atoms with Gasteiger partial charge in [-0.1, -0.05) is 0 Å². The predicted octanol–water partition coefficient (Wildman–Crippen LogP) is 7.09. The first-order chi connectivity index (χ1) is 20.0. The first-order valence-electron chi connectivity index (χ1n) is 12.7. The van der Waals surface area contributed by atoms with Crippen LogP contribution in [0.2, 0.25) is 0 Å². The molecule has 5 nitrogen and oxygen atoms in total. The molecule has 3 aromatic carbocycles. The van der Waals surface area contributed by atoms with Crippen LogP contribution in [0.5, 0.6) is 0 Å². The molecule has 0 aliphatic carbocycles. The van der Waals surface area contributed by atoms with Crippen LogP contribution in [0.1, 0.15) is 35.3 Å². The van der Waals surface area contributed by atoms with E-state index >= 15 is 0 Å². The van der Waals surface area contributed by atoms with Gasteiger partial charge in [0.05, 0.1) is 0 Å². The normalized spacial score (nSPS) is 15.0. The summed E-state index contributed by atoms with van der Waals surface area (Å²) in [5.74, 6) is -2.14. The second-order valence-electron chi connectivity index (χ2n) is 10.6. The number of hydrogen-bond donors (Lipinski definition) is 1. The van der Waals surface area contributed by atoms with Crippen molar-refractivity contribution in [2.45, 2.75) is 37.8 Å². The minimum atomic E-state index is -6.31. The Bertz CT molecular complexity index is 1520. The summed E-state index contributed by atoms with van der Waals surface area (Å²) < 4.78 is 153. The van der Waals surface area contributed by atoms with Gasteiger partial charge in [-0.05, 0) is 0 Å². The van der Waals surface area contributed by atoms with Crippen LogP contribution in [0.3, 0.4) is 0 Å². The van der Waals surface area contributed by atoms with Gasteiger partial charge in [-0.25, -0.2) is 0 Å². The number of nitrogens with one attached hydrogen (secondary N) is 1. The molecule has 0 saturated carbocycles. The summed E-state index contributed by atoms with van der Waals surface area (Å²) in [6.07, 6.45) is -11.1. The number of rotatable bonds is 9. The van der Waals surface area contributed by atoms with E-state index in [2.05, 4.69) is 5.32 Å². The number of halogens is 9. The molecule has 1 atom stereocenters. The van der Waals surface area contributed by atoms with Crippen molar-refractivity contribution < 1.29 is 56.7 Å². The van der Waals surface area contributed by atoms with Crippen LogP contribution in [0.15, 0.2) is 78.9 Å². The SMILES string of the molecule is CC(C)[C@@H](CP(C)(OS(=O)(=O)C(F)(F)F)(c1ccccc1)c1ccccc1)NC(=O)c1cc(C(F)(F)F)cc(C(F)(F)F)c1. The first kappa shape index (κ1) is 35.3. The predicted molar refractivity (Wildman–Crippen MR) is 148 cm³/mol. The Balaban J connectivity index is 2.25. The molecular formula is C28H27F9NO4PS. The molecule has 0 spiro atoms.